The van der Waals surface area contributed by atoms with Crippen molar-refractivity contribution in [3.63, 3.8) is 0 Å². The van der Waals surface area contributed by atoms with E-state index in [9.17, 15) is 4.79 Å². The number of pyridine rings is 1. The van der Waals surface area contributed by atoms with Crippen LogP contribution < -0.4 is 10.1 Å². The summed E-state index contributed by atoms with van der Waals surface area (Å²) in [5, 5.41) is 14.9. The minimum atomic E-state index is -0.330. The smallest absolute Gasteiger partial charge is 0.274 e. The van der Waals surface area contributed by atoms with Crippen molar-refractivity contribution in [2.75, 3.05) is 11.9 Å². The van der Waals surface area contributed by atoms with Gasteiger partial charge >= 0.3 is 0 Å². The molecule has 4 heterocycles. The number of anilines is 1. The molecule has 3 aromatic heterocycles. The van der Waals surface area contributed by atoms with E-state index in [1.54, 1.807) is 29.3 Å². The highest BCUT2D eigenvalue weighted by atomic mass is 16.5. The number of carbonyl (C=O) groups is 1. The van der Waals surface area contributed by atoms with E-state index >= 15 is 0 Å². The number of tetrazole rings is 1. The fourth-order valence-corrected chi connectivity index (χ4v) is 3.87. The summed E-state index contributed by atoms with van der Waals surface area (Å²) >= 11 is 0. The van der Waals surface area contributed by atoms with Crippen LogP contribution in [0, 0.1) is 0 Å². The molecule has 4 aromatic rings. The molecule has 6 rings (SSSR count). The maximum absolute atomic E-state index is 13.1. The van der Waals surface area contributed by atoms with Gasteiger partial charge in [-0.15, -0.1) is 5.10 Å². The van der Waals surface area contributed by atoms with Gasteiger partial charge in [0.15, 0.2) is 11.6 Å². The number of nitrogens with zero attached hydrogens (tertiary/aromatic N) is 7. The number of amides is 1. The fraction of sp³-hybridized carbons (Fsp3) is 0.304. The summed E-state index contributed by atoms with van der Waals surface area (Å²) in [5.41, 5.74) is 3.50. The van der Waals surface area contributed by atoms with Crippen LogP contribution in [0.1, 0.15) is 55.3 Å². The molecule has 0 unspecified atom stereocenters. The molecule has 10 nitrogen and oxygen atoms in total. The lowest BCUT2D eigenvalue weighted by atomic mass is 10.1. The van der Waals surface area contributed by atoms with Crippen molar-refractivity contribution >= 4 is 11.6 Å². The number of carbonyl (C=O) groups excluding carboxylic acids is 1. The molecule has 33 heavy (non-hydrogen) atoms. The summed E-state index contributed by atoms with van der Waals surface area (Å²) in [6.07, 6.45) is 7.80. The molecule has 0 radical (unpaired) electrons. The highest BCUT2D eigenvalue weighted by Crippen LogP contribution is 2.40. The summed E-state index contributed by atoms with van der Waals surface area (Å²) in [5.74, 6) is 1.38. The molecule has 1 amide bonds. The number of hydrogen-bond acceptors (Lipinski definition) is 7. The molecule has 10 heteroatoms. The van der Waals surface area contributed by atoms with Crippen molar-refractivity contribution < 1.29 is 9.53 Å². The van der Waals surface area contributed by atoms with Crippen LogP contribution in [-0.2, 0) is 0 Å². The number of aromatic nitrogens is 7. The van der Waals surface area contributed by atoms with Crippen LogP contribution >= 0.6 is 0 Å². The molecule has 0 spiro atoms. The van der Waals surface area contributed by atoms with Gasteiger partial charge < -0.3 is 14.6 Å². The first-order valence-electron chi connectivity index (χ1n) is 10.5. The van der Waals surface area contributed by atoms with Crippen LogP contribution in [0.15, 0.2) is 49.1 Å². The molecule has 1 aliphatic carbocycles. The second-order valence-corrected chi connectivity index (χ2v) is 8.12. The van der Waals surface area contributed by atoms with E-state index < -0.39 is 0 Å². The molecular weight excluding hydrogens is 420 g/mol. The lowest BCUT2D eigenvalue weighted by molar-refractivity contribution is 0.102. The van der Waals surface area contributed by atoms with E-state index in [0.29, 0.717) is 35.5 Å². The van der Waals surface area contributed by atoms with E-state index in [-0.39, 0.29) is 19.4 Å². The summed E-state index contributed by atoms with van der Waals surface area (Å²) in [7, 11) is 0. The van der Waals surface area contributed by atoms with Crippen LogP contribution in [-0.4, -0.2) is 47.3 Å². The molecule has 0 saturated heterocycles. The number of para-hydroxylation sites is 1. The van der Waals surface area contributed by atoms with Gasteiger partial charge in [0.05, 0.1) is 35.0 Å². The Hall–Kier alpha value is -4.08. The Bertz CT molecular complexity index is 1320. The number of ether oxygens (including phenoxy) is 1. The first-order valence-corrected chi connectivity index (χ1v) is 10.5. The summed E-state index contributed by atoms with van der Waals surface area (Å²) in [4.78, 5) is 21.8. The standard InChI is InChI=1S/C22H20N8O2.CH4/c1-13-11-32-20-16(21-26-27-28-30(13)21)3-2-4-17(20)25-22(31)18-9-15(7-8-23-18)29-10-19(24-12-29)14-5-6-14;/h2-4,7-10,12-14H,5-6,11H2,1H3,(H,25,31);1H4/t13-;/m1./s1. The third-order valence-corrected chi connectivity index (χ3v) is 5.76. The monoisotopic (exact) mass is 444 g/mol. The molecule has 1 aliphatic heterocycles. The lowest BCUT2D eigenvalue weighted by Crippen LogP contribution is -2.16. The predicted octanol–water partition coefficient (Wildman–Crippen LogP) is 3.64. The molecule has 1 atom stereocenters. The van der Waals surface area contributed by atoms with Crippen LogP contribution in [0.25, 0.3) is 17.1 Å². The number of nitrogens with one attached hydrogen (secondary N) is 1. The second-order valence-electron chi connectivity index (χ2n) is 8.12. The highest BCUT2D eigenvalue weighted by Gasteiger charge is 2.27. The zero-order chi connectivity index (χ0) is 21.7. The van der Waals surface area contributed by atoms with Crippen molar-refractivity contribution in [2.24, 2.45) is 0 Å². The van der Waals surface area contributed by atoms with Crippen molar-refractivity contribution in [1.29, 1.82) is 0 Å². The Kier molecular flexibility index (Phi) is 5.12. The Morgan fingerprint density at radius 1 is 1.21 bits per heavy atom. The molecular formula is C23H24N8O2. The lowest BCUT2D eigenvalue weighted by Gasteiger charge is -2.14. The fourth-order valence-electron chi connectivity index (χ4n) is 3.87. The Morgan fingerprint density at radius 2 is 2.09 bits per heavy atom. The van der Waals surface area contributed by atoms with Gasteiger partial charge in [0.1, 0.15) is 12.3 Å². The summed E-state index contributed by atoms with van der Waals surface area (Å²) in [6, 6.07) is 9.07. The highest BCUT2D eigenvalue weighted by molar-refractivity contribution is 6.04. The van der Waals surface area contributed by atoms with Crippen LogP contribution in [0.2, 0.25) is 0 Å². The number of fused-ring (bicyclic) bond motifs is 3. The Balaban J connectivity index is 0.00000228. The van der Waals surface area contributed by atoms with Gasteiger partial charge in [0.25, 0.3) is 5.91 Å². The number of hydrogen-bond donors (Lipinski definition) is 1. The number of benzene rings is 1. The van der Waals surface area contributed by atoms with Gasteiger partial charge in [-0.25, -0.2) is 9.67 Å². The Labute approximate surface area is 190 Å². The minimum Gasteiger partial charge on any atom is -0.488 e. The summed E-state index contributed by atoms with van der Waals surface area (Å²) < 4.78 is 9.66. The maximum Gasteiger partial charge on any atom is 0.274 e. The molecule has 1 saturated carbocycles. The van der Waals surface area contributed by atoms with Gasteiger partial charge in [-0.05, 0) is 54.5 Å². The average molecular weight is 444 g/mol. The second kappa shape index (κ2) is 8.12. The topological polar surface area (TPSA) is 113 Å². The predicted molar refractivity (Wildman–Crippen MR) is 121 cm³/mol. The molecule has 168 valence electrons. The summed E-state index contributed by atoms with van der Waals surface area (Å²) in [6.45, 7) is 2.36. The average Bonchev–Trinajstić information content (AvgIpc) is 3.37. The van der Waals surface area contributed by atoms with Crippen molar-refractivity contribution in [2.45, 2.75) is 39.2 Å². The van der Waals surface area contributed by atoms with Crippen LogP contribution in [0.3, 0.4) is 0 Å². The van der Waals surface area contributed by atoms with Crippen LogP contribution in [0.5, 0.6) is 5.75 Å². The number of imidazole rings is 1. The molecule has 2 aliphatic rings. The van der Waals surface area contributed by atoms with Gasteiger partial charge in [0.2, 0.25) is 0 Å². The minimum absolute atomic E-state index is 0. The van der Waals surface area contributed by atoms with Crippen molar-refractivity contribution in [1.82, 2.24) is 34.7 Å². The largest absolute Gasteiger partial charge is 0.488 e. The first kappa shape index (κ1) is 20.8. The zero-order valence-electron chi connectivity index (χ0n) is 17.3. The van der Waals surface area contributed by atoms with E-state index in [1.807, 2.05) is 35.9 Å². The molecule has 1 fully saturated rings. The third kappa shape index (κ3) is 3.73. The third-order valence-electron chi connectivity index (χ3n) is 5.76. The van der Waals surface area contributed by atoms with Gasteiger partial charge in [-0.1, -0.05) is 13.5 Å². The SMILES string of the molecule is C.C[C@@H]1COc2c(NC(=O)c3cc(-n4cnc(C5CC5)c4)ccn3)cccc2-c2nnnn21. The number of rotatable bonds is 4. The molecule has 1 aromatic carbocycles. The van der Waals surface area contributed by atoms with Crippen LogP contribution in [0.4, 0.5) is 5.69 Å². The van der Waals surface area contributed by atoms with Gasteiger partial charge in [0, 0.05) is 18.3 Å². The molecule has 0 bridgehead atoms. The zero-order valence-corrected chi connectivity index (χ0v) is 17.3. The van der Waals surface area contributed by atoms with E-state index in [4.69, 9.17) is 4.74 Å². The Morgan fingerprint density at radius 3 is 2.94 bits per heavy atom. The normalized spacial score (nSPS) is 16.6. The molecule has 1 N–H and O–H groups in total. The quantitative estimate of drug-likeness (QED) is 0.511. The van der Waals surface area contributed by atoms with Crippen molar-refractivity contribution in [3.05, 3.63) is 60.4 Å². The van der Waals surface area contributed by atoms with E-state index in [0.717, 1.165) is 16.9 Å². The maximum atomic E-state index is 13.1. The van der Waals surface area contributed by atoms with Gasteiger partial charge in [-0.2, -0.15) is 0 Å². The van der Waals surface area contributed by atoms with Crippen molar-refractivity contribution in [3.8, 4) is 22.8 Å². The first-order chi connectivity index (χ1) is 15.7. The van der Waals surface area contributed by atoms with E-state index in [1.165, 1.54) is 12.8 Å². The van der Waals surface area contributed by atoms with E-state index in [2.05, 4.69) is 30.8 Å². The van der Waals surface area contributed by atoms with Gasteiger partial charge in [-0.3, -0.25) is 9.78 Å².